The number of rotatable bonds is 5. The van der Waals surface area contributed by atoms with Crippen LogP contribution in [-0.2, 0) is 4.74 Å². The standard InChI is InChI=1S/C15H19ClO2/c1-11-10-12(16)7-8-14(11)15(17)6-2-4-13-5-3-9-18-13/h7-8,10,13H,2-6,9H2,1H3. The predicted molar refractivity (Wildman–Crippen MR) is 73.3 cm³/mol. The molecule has 0 aliphatic carbocycles. The second kappa shape index (κ2) is 6.35. The van der Waals surface area contributed by atoms with Crippen molar-refractivity contribution in [1.29, 1.82) is 0 Å². The summed E-state index contributed by atoms with van der Waals surface area (Å²) in [6.07, 6.45) is 5.19. The number of benzene rings is 1. The molecule has 1 heterocycles. The van der Waals surface area contributed by atoms with Crippen molar-refractivity contribution in [2.24, 2.45) is 0 Å². The van der Waals surface area contributed by atoms with Crippen LogP contribution in [0.4, 0.5) is 0 Å². The molecule has 1 aliphatic heterocycles. The van der Waals surface area contributed by atoms with Crippen LogP contribution < -0.4 is 0 Å². The minimum absolute atomic E-state index is 0.210. The average molecular weight is 267 g/mol. The number of ketones is 1. The molecule has 1 aromatic rings. The van der Waals surface area contributed by atoms with Gasteiger partial charge >= 0.3 is 0 Å². The highest BCUT2D eigenvalue weighted by Gasteiger charge is 2.16. The lowest BCUT2D eigenvalue weighted by molar-refractivity contribution is 0.0922. The van der Waals surface area contributed by atoms with E-state index >= 15 is 0 Å². The summed E-state index contributed by atoms with van der Waals surface area (Å²) in [7, 11) is 0. The molecule has 2 nitrogen and oxygen atoms in total. The maximum absolute atomic E-state index is 12.1. The topological polar surface area (TPSA) is 26.3 Å². The molecule has 1 aliphatic rings. The van der Waals surface area contributed by atoms with Crippen LogP contribution >= 0.6 is 11.6 Å². The number of hydrogen-bond acceptors (Lipinski definition) is 2. The first-order valence-corrected chi connectivity index (χ1v) is 6.95. The van der Waals surface area contributed by atoms with Crippen molar-refractivity contribution in [3.8, 4) is 0 Å². The van der Waals surface area contributed by atoms with E-state index in [-0.39, 0.29) is 5.78 Å². The summed E-state index contributed by atoms with van der Waals surface area (Å²) in [5, 5.41) is 0.684. The van der Waals surface area contributed by atoms with Gasteiger partial charge in [0.1, 0.15) is 0 Å². The van der Waals surface area contributed by atoms with Crippen LogP contribution in [0.3, 0.4) is 0 Å². The summed E-state index contributed by atoms with van der Waals surface area (Å²) in [6, 6.07) is 5.45. The molecular weight excluding hydrogens is 248 g/mol. The van der Waals surface area contributed by atoms with Gasteiger partial charge in [0.2, 0.25) is 0 Å². The molecular formula is C15H19ClO2. The van der Waals surface area contributed by atoms with Crippen molar-refractivity contribution < 1.29 is 9.53 Å². The van der Waals surface area contributed by atoms with Crippen LogP contribution in [0.2, 0.25) is 5.02 Å². The van der Waals surface area contributed by atoms with E-state index in [1.54, 1.807) is 6.07 Å². The Morgan fingerprint density at radius 3 is 3.00 bits per heavy atom. The van der Waals surface area contributed by atoms with E-state index in [4.69, 9.17) is 16.3 Å². The molecule has 1 fully saturated rings. The number of carbonyl (C=O) groups is 1. The van der Waals surface area contributed by atoms with Crippen LogP contribution in [0, 0.1) is 6.92 Å². The SMILES string of the molecule is Cc1cc(Cl)ccc1C(=O)CCCC1CCCO1. The van der Waals surface area contributed by atoms with E-state index in [0.717, 1.165) is 43.4 Å². The van der Waals surface area contributed by atoms with E-state index in [1.165, 1.54) is 0 Å². The highest BCUT2D eigenvalue weighted by molar-refractivity contribution is 6.30. The summed E-state index contributed by atoms with van der Waals surface area (Å²) in [6.45, 7) is 2.81. The Kier molecular flexibility index (Phi) is 4.79. The molecule has 0 N–H and O–H groups in total. The number of ether oxygens (including phenoxy) is 1. The maximum Gasteiger partial charge on any atom is 0.163 e. The Labute approximate surface area is 113 Å². The Morgan fingerprint density at radius 1 is 1.50 bits per heavy atom. The quantitative estimate of drug-likeness (QED) is 0.748. The molecule has 1 unspecified atom stereocenters. The van der Waals surface area contributed by atoms with Gasteiger partial charge in [0.15, 0.2) is 5.78 Å². The molecule has 0 radical (unpaired) electrons. The lowest BCUT2D eigenvalue weighted by atomic mass is 9.99. The Balaban J connectivity index is 1.83. The predicted octanol–water partition coefficient (Wildman–Crippen LogP) is 4.18. The molecule has 0 amide bonds. The molecule has 3 heteroatoms. The number of aryl methyl sites for hydroxylation is 1. The van der Waals surface area contributed by atoms with Crippen molar-refractivity contribution >= 4 is 17.4 Å². The Bertz CT molecular complexity index is 423. The highest BCUT2D eigenvalue weighted by Crippen LogP contribution is 2.20. The molecule has 0 bridgehead atoms. The van der Waals surface area contributed by atoms with Crippen LogP contribution in [0.5, 0.6) is 0 Å². The molecule has 1 saturated heterocycles. The summed E-state index contributed by atoms with van der Waals surface area (Å²) in [5.41, 5.74) is 1.76. The fourth-order valence-electron chi connectivity index (χ4n) is 2.44. The third-order valence-corrected chi connectivity index (χ3v) is 3.68. The van der Waals surface area contributed by atoms with Crippen molar-refractivity contribution in [2.75, 3.05) is 6.61 Å². The fourth-order valence-corrected chi connectivity index (χ4v) is 2.66. The van der Waals surface area contributed by atoms with Crippen LogP contribution in [-0.4, -0.2) is 18.5 Å². The Morgan fingerprint density at radius 2 is 2.33 bits per heavy atom. The largest absolute Gasteiger partial charge is 0.378 e. The molecule has 0 aromatic heterocycles. The molecule has 18 heavy (non-hydrogen) atoms. The Hall–Kier alpha value is -0.860. The second-order valence-electron chi connectivity index (χ2n) is 4.91. The third-order valence-electron chi connectivity index (χ3n) is 3.44. The van der Waals surface area contributed by atoms with Crippen molar-refractivity contribution in [3.05, 3.63) is 34.3 Å². The third kappa shape index (κ3) is 3.56. The molecule has 0 spiro atoms. The van der Waals surface area contributed by atoms with E-state index in [2.05, 4.69) is 0 Å². The normalized spacial score (nSPS) is 19.1. The van der Waals surface area contributed by atoms with E-state index in [1.807, 2.05) is 19.1 Å². The highest BCUT2D eigenvalue weighted by atomic mass is 35.5. The zero-order valence-electron chi connectivity index (χ0n) is 10.7. The lowest BCUT2D eigenvalue weighted by Crippen LogP contribution is -2.07. The van der Waals surface area contributed by atoms with Gasteiger partial charge in [-0.1, -0.05) is 11.6 Å². The van der Waals surface area contributed by atoms with Gasteiger partial charge in [-0.3, -0.25) is 4.79 Å². The first-order valence-electron chi connectivity index (χ1n) is 6.58. The molecule has 1 aromatic carbocycles. The first-order chi connectivity index (χ1) is 8.66. The minimum atomic E-state index is 0.210. The van der Waals surface area contributed by atoms with Crippen LogP contribution in [0.15, 0.2) is 18.2 Å². The van der Waals surface area contributed by atoms with Gasteiger partial charge in [-0.2, -0.15) is 0 Å². The van der Waals surface area contributed by atoms with Crippen molar-refractivity contribution in [2.45, 2.75) is 45.1 Å². The van der Waals surface area contributed by atoms with E-state index in [9.17, 15) is 4.79 Å². The number of halogens is 1. The van der Waals surface area contributed by atoms with Crippen LogP contribution in [0.25, 0.3) is 0 Å². The van der Waals surface area contributed by atoms with Gasteiger partial charge in [-0.05, 0) is 56.4 Å². The second-order valence-corrected chi connectivity index (χ2v) is 5.35. The maximum atomic E-state index is 12.1. The van der Waals surface area contributed by atoms with Gasteiger partial charge in [0.25, 0.3) is 0 Å². The number of Topliss-reactive ketones (excluding diaryl/α,β-unsaturated/α-hetero) is 1. The van der Waals surface area contributed by atoms with Gasteiger partial charge in [0.05, 0.1) is 6.10 Å². The summed E-state index contributed by atoms with van der Waals surface area (Å²) < 4.78 is 5.55. The first kappa shape index (κ1) is 13.6. The smallest absolute Gasteiger partial charge is 0.163 e. The summed E-state index contributed by atoms with van der Waals surface area (Å²) in [4.78, 5) is 12.1. The van der Waals surface area contributed by atoms with Gasteiger partial charge < -0.3 is 4.74 Å². The van der Waals surface area contributed by atoms with E-state index in [0.29, 0.717) is 17.5 Å². The molecule has 98 valence electrons. The molecule has 1 atom stereocenters. The summed E-state index contributed by atoms with van der Waals surface area (Å²) >= 11 is 5.88. The number of hydrogen-bond donors (Lipinski definition) is 0. The monoisotopic (exact) mass is 266 g/mol. The zero-order valence-corrected chi connectivity index (χ0v) is 11.5. The fraction of sp³-hybridized carbons (Fsp3) is 0.533. The van der Waals surface area contributed by atoms with Crippen LogP contribution in [0.1, 0.15) is 48.0 Å². The molecule has 0 saturated carbocycles. The van der Waals surface area contributed by atoms with Crippen molar-refractivity contribution in [3.63, 3.8) is 0 Å². The van der Waals surface area contributed by atoms with Gasteiger partial charge in [-0.25, -0.2) is 0 Å². The van der Waals surface area contributed by atoms with Crippen molar-refractivity contribution in [1.82, 2.24) is 0 Å². The zero-order chi connectivity index (χ0) is 13.0. The average Bonchev–Trinajstić information content (AvgIpc) is 2.81. The van der Waals surface area contributed by atoms with E-state index < -0.39 is 0 Å². The van der Waals surface area contributed by atoms with Gasteiger partial charge in [-0.15, -0.1) is 0 Å². The molecule has 2 rings (SSSR count). The number of carbonyl (C=O) groups excluding carboxylic acids is 1. The lowest BCUT2D eigenvalue weighted by Gasteiger charge is -2.09. The summed E-state index contributed by atoms with van der Waals surface area (Å²) in [5.74, 6) is 0.210. The minimum Gasteiger partial charge on any atom is -0.378 e. The van der Waals surface area contributed by atoms with Gasteiger partial charge in [0, 0.05) is 23.6 Å².